The molecule has 0 aliphatic carbocycles. The highest BCUT2D eigenvalue weighted by atomic mass is 19.1. The lowest BCUT2D eigenvalue weighted by Crippen LogP contribution is -2.35. The van der Waals surface area contributed by atoms with Crippen molar-refractivity contribution in [3.05, 3.63) is 94.8 Å². The number of nitrogens with one attached hydrogen (secondary N) is 2. The van der Waals surface area contributed by atoms with Crippen LogP contribution in [0.1, 0.15) is 49.5 Å². The highest BCUT2D eigenvalue weighted by molar-refractivity contribution is 6.07. The maximum absolute atomic E-state index is 13.5. The molecule has 2 aliphatic rings. The minimum atomic E-state index is -0.434. The first-order valence-corrected chi connectivity index (χ1v) is 14.2. The minimum absolute atomic E-state index is 0.0981. The van der Waals surface area contributed by atoms with Gasteiger partial charge in [-0.15, -0.1) is 0 Å². The van der Waals surface area contributed by atoms with Gasteiger partial charge in [-0.3, -0.25) is 14.4 Å². The number of hydrogen-bond acceptors (Lipinski definition) is 6. The van der Waals surface area contributed by atoms with Crippen molar-refractivity contribution in [1.29, 1.82) is 5.26 Å². The van der Waals surface area contributed by atoms with Gasteiger partial charge in [0.2, 0.25) is 0 Å². The van der Waals surface area contributed by atoms with Gasteiger partial charge in [-0.25, -0.2) is 4.39 Å². The monoisotopic (exact) mass is 568 g/mol. The zero-order valence-electron chi connectivity index (χ0n) is 23.3. The summed E-state index contributed by atoms with van der Waals surface area (Å²) in [5.74, 6) is -1.04. The normalized spacial score (nSPS) is 15.8. The Bertz CT molecular complexity index is 1480. The van der Waals surface area contributed by atoms with Crippen molar-refractivity contribution in [2.45, 2.75) is 12.8 Å². The second-order valence-electron chi connectivity index (χ2n) is 10.4. The lowest BCUT2D eigenvalue weighted by atomic mass is 10.1. The fourth-order valence-corrected chi connectivity index (χ4v) is 5.30. The molecular formula is C32H33FN6O3. The third-order valence-electron chi connectivity index (χ3n) is 7.61. The van der Waals surface area contributed by atoms with Crippen molar-refractivity contribution in [3.8, 4) is 6.07 Å². The van der Waals surface area contributed by atoms with E-state index in [9.17, 15) is 18.8 Å². The molecule has 3 aromatic carbocycles. The Morgan fingerprint density at radius 1 is 0.738 bits per heavy atom. The molecule has 3 aromatic rings. The topological polar surface area (TPSA) is 109 Å². The van der Waals surface area contributed by atoms with Gasteiger partial charge < -0.3 is 25.3 Å². The number of halogens is 1. The fourth-order valence-electron chi connectivity index (χ4n) is 5.30. The Morgan fingerprint density at radius 2 is 1.40 bits per heavy atom. The van der Waals surface area contributed by atoms with Crippen LogP contribution in [0.15, 0.2) is 66.7 Å². The lowest BCUT2D eigenvalue weighted by Gasteiger charge is -2.27. The number of amides is 3. The van der Waals surface area contributed by atoms with Crippen LogP contribution in [-0.4, -0.2) is 79.9 Å². The molecule has 0 aromatic heterocycles. The van der Waals surface area contributed by atoms with Gasteiger partial charge in [-0.05, 0) is 86.1 Å². The van der Waals surface area contributed by atoms with E-state index >= 15 is 0 Å². The van der Waals surface area contributed by atoms with Crippen LogP contribution in [0.25, 0.3) is 0 Å². The number of anilines is 2. The summed E-state index contributed by atoms with van der Waals surface area (Å²) in [6, 6.07) is 19.3. The van der Waals surface area contributed by atoms with Crippen molar-refractivity contribution in [2.24, 2.45) is 0 Å². The maximum Gasteiger partial charge on any atom is 0.255 e. The average Bonchev–Trinajstić information content (AvgIpc) is 3.45. The quantitative estimate of drug-likeness (QED) is 0.486. The second-order valence-corrected chi connectivity index (χ2v) is 10.4. The zero-order valence-corrected chi connectivity index (χ0v) is 23.3. The third-order valence-corrected chi connectivity index (χ3v) is 7.61. The van der Waals surface area contributed by atoms with Crippen LogP contribution in [0, 0.1) is 17.1 Å². The van der Waals surface area contributed by atoms with Gasteiger partial charge in [-0.1, -0.05) is 0 Å². The van der Waals surface area contributed by atoms with Crippen LogP contribution in [-0.2, 0) is 0 Å². The summed E-state index contributed by atoms with van der Waals surface area (Å²) < 4.78 is 13.5. The van der Waals surface area contributed by atoms with Gasteiger partial charge in [0.05, 0.1) is 23.0 Å². The summed E-state index contributed by atoms with van der Waals surface area (Å²) in [7, 11) is 0. The molecule has 216 valence electrons. The van der Waals surface area contributed by atoms with Crippen molar-refractivity contribution in [2.75, 3.05) is 62.6 Å². The first kappa shape index (κ1) is 28.8. The number of benzene rings is 3. The number of carbonyl (C=O) groups excluding carboxylic acids is 3. The van der Waals surface area contributed by atoms with E-state index in [0.29, 0.717) is 73.6 Å². The Balaban J connectivity index is 1.38. The molecule has 9 nitrogen and oxygen atoms in total. The van der Waals surface area contributed by atoms with Gasteiger partial charge in [-0.2, -0.15) is 5.26 Å². The standard InChI is InChI=1S/C32H33FN6O3/c33-27-10-7-24(8-11-27)30(40)36-28-21-26(32(42)38-15-1-13-35-14-18-38)9-12-29(28)37-16-2-17-39(20-19-37)31(41)25-5-3-23(22-34)4-6-25/h3-12,21,35H,1-2,13-20H2,(H,36,40). The van der Waals surface area contributed by atoms with Crippen LogP contribution in [0.3, 0.4) is 0 Å². The number of carbonyl (C=O) groups is 3. The summed E-state index contributed by atoms with van der Waals surface area (Å²) in [6.07, 6.45) is 1.57. The minimum Gasteiger partial charge on any atom is -0.368 e. The second kappa shape index (κ2) is 13.3. The van der Waals surface area contributed by atoms with E-state index in [-0.39, 0.29) is 11.8 Å². The maximum atomic E-state index is 13.5. The molecule has 10 heteroatoms. The van der Waals surface area contributed by atoms with E-state index in [2.05, 4.69) is 21.6 Å². The zero-order chi connectivity index (χ0) is 29.5. The largest absolute Gasteiger partial charge is 0.368 e. The van der Waals surface area contributed by atoms with E-state index in [1.54, 1.807) is 41.3 Å². The van der Waals surface area contributed by atoms with Crippen molar-refractivity contribution in [1.82, 2.24) is 15.1 Å². The first-order chi connectivity index (χ1) is 20.4. The molecule has 0 radical (unpaired) electrons. The van der Waals surface area contributed by atoms with Gasteiger partial charge >= 0.3 is 0 Å². The molecule has 2 N–H and O–H groups in total. The van der Waals surface area contributed by atoms with Crippen LogP contribution < -0.4 is 15.5 Å². The van der Waals surface area contributed by atoms with Crippen molar-refractivity contribution >= 4 is 29.1 Å². The van der Waals surface area contributed by atoms with Crippen LogP contribution in [0.2, 0.25) is 0 Å². The Kier molecular flexibility index (Phi) is 9.09. The molecular weight excluding hydrogens is 535 g/mol. The number of nitriles is 1. The van der Waals surface area contributed by atoms with Crippen molar-refractivity contribution < 1.29 is 18.8 Å². The van der Waals surface area contributed by atoms with E-state index in [4.69, 9.17) is 5.26 Å². The molecule has 2 aliphatic heterocycles. The fraction of sp³-hybridized carbons (Fsp3) is 0.312. The predicted molar refractivity (Wildman–Crippen MR) is 158 cm³/mol. The predicted octanol–water partition coefficient (Wildman–Crippen LogP) is 3.74. The third kappa shape index (κ3) is 6.75. The number of rotatable bonds is 5. The van der Waals surface area contributed by atoms with Gasteiger partial charge in [0.15, 0.2) is 0 Å². The van der Waals surface area contributed by atoms with E-state index < -0.39 is 11.7 Å². The molecule has 2 fully saturated rings. The van der Waals surface area contributed by atoms with Gasteiger partial charge in [0, 0.05) is 62.5 Å². The van der Waals surface area contributed by atoms with Crippen LogP contribution in [0.4, 0.5) is 15.8 Å². The number of hydrogen-bond donors (Lipinski definition) is 2. The molecule has 5 rings (SSSR count). The summed E-state index contributed by atoms with van der Waals surface area (Å²) in [4.78, 5) is 45.5. The summed E-state index contributed by atoms with van der Waals surface area (Å²) in [5.41, 5.74) is 3.02. The smallest absolute Gasteiger partial charge is 0.255 e. The van der Waals surface area contributed by atoms with Gasteiger partial charge in [0.25, 0.3) is 17.7 Å². The molecule has 3 amide bonds. The van der Waals surface area contributed by atoms with E-state index in [0.717, 1.165) is 25.2 Å². The summed E-state index contributed by atoms with van der Waals surface area (Å²) in [6.45, 7) is 5.03. The van der Waals surface area contributed by atoms with E-state index in [1.165, 1.54) is 24.3 Å². The Morgan fingerprint density at radius 3 is 2.17 bits per heavy atom. The SMILES string of the molecule is N#Cc1ccc(C(=O)N2CCCN(c3ccc(C(=O)N4CCCNCC4)cc3NC(=O)c3ccc(F)cc3)CC2)cc1. The molecule has 42 heavy (non-hydrogen) atoms. The Hall–Kier alpha value is -4.75. The number of nitrogens with zero attached hydrogens (tertiary/aromatic N) is 4. The molecule has 2 saturated heterocycles. The summed E-state index contributed by atoms with van der Waals surface area (Å²) >= 11 is 0. The lowest BCUT2D eigenvalue weighted by molar-refractivity contribution is 0.0759. The summed E-state index contributed by atoms with van der Waals surface area (Å²) in [5, 5.41) is 15.3. The van der Waals surface area contributed by atoms with E-state index in [1.807, 2.05) is 11.0 Å². The molecule has 0 bridgehead atoms. The first-order valence-electron chi connectivity index (χ1n) is 14.2. The average molecular weight is 569 g/mol. The molecule has 0 spiro atoms. The van der Waals surface area contributed by atoms with Crippen molar-refractivity contribution in [3.63, 3.8) is 0 Å². The van der Waals surface area contributed by atoms with Crippen LogP contribution in [0.5, 0.6) is 0 Å². The Labute approximate surface area is 244 Å². The molecule has 0 unspecified atom stereocenters. The molecule has 0 atom stereocenters. The molecule has 0 saturated carbocycles. The van der Waals surface area contributed by atoms with Crippen LogP contribution >= 0.6 is 0 Å². The highest BCUT2D eigenvalue weighted by Gasteiger charge is 2.24. The van der Waals surface area contributed by atoms with Gasteiger partial charge in [0.1, 0.15) is 5.82 Å². The molecule has 2 heterocycles. The highest BCUT2D eigenvalue weighted by Crippen LogP contribution is 2.30.